The highest BCUT2D eigenvalue weighted by Crippen LogP contribution is 2.35. The van der Waals surface area contributed by atoms with Crippen molar-refractivity contribution in [1.29, 1.82) is 0 Å². The Morgan fingerprint density at radius 2 is 2.00 bits per heavy atom. The highest BCUT2D eigenvalue weighted by atomic mass is 35.5. The van der Waals surface area contributed by atoms with Crippen molar-refractivity contribution >= 4 is 41.2 Å². The Morgan fingerprint density at radius 3 is 2.58 bits per heavy atom. The van der Waals surface area contributed by atoms with Crippen LogP contribution in [0.2, 0.25) is 5.02 Å². The maximum atomic E-state index is 12.2. The van der Waals surface area contributed by atoms with Crippen molar-refractivity contribution in [3.63, 3.8) is 0 Å². The average molecular weight is 399 g/mol. The molecule has 0 saturated carbocycles. The number of nitrogens with one attached hydrogen (secondary N) is 1. The van der Waals surface area contributed by atoms with Gasteiger partial charge in [-0.3, -0.25) is 4.79 Å². The lowest BCUT2D eigenvalue weighted by Gasteiger charge is -2.31. The van der Waals surface area contributed by atoms with Crippen LogP contribution in [0.3, 0.4) is 0 Å². The Balaban J connectivity index is 1.80. The largest absolute Gasteiger partial charge is 0.471 e. The van der Waals surface area contributed by atoms with E-state index in [0.29, 0.717) is 5.02 Å². The molecule has 2 rings (SSSR count). The first-order valence-corrected chi connectivity index (χ1v) is 9.78. The van der Waals surface area contributed by atoms with Crippen LogP contribution in [0.15, 0.2) is 28.0 Å². The fraction of sp³-hybridized carbons (Fsp3) is 0.533. The van der Waals surface area contributed by atoms with E-state index in [4.69, 9.17) is 11.6 Å². The van der Waals surface area contributed by atoms with Gasteiger partial charge in [-0.25, -0.2) is 4.31 Å². The molecule has 0 aromatic heterocycles. The van der Waals surface area contributed by atoms with Crippen molar-refractivity contribution in [3.8, 4) is 0 Å². The number of carbonyl (C=O) groups is 1. The molecule has 1 N–H and O–H groups in total. The molecule has 24 heavy (non-hydrogen) atoms. The Morgan fingerprint density at radius 1 is 1.33 bits per heavy atom. The minimum Gasteiger partial charge on any atom is -0.348 e. The zero-order valence-electron chi connectivity index (χ0n) is 13.0. The van der Waals surface area contributed by atoms with Crippen molar-refractivity contribution in [1.82, 2.24) is 9.62 Å². The quantitative estimate of drug-likeness (QED) is 0.586. The molecule has 1 amide bonds. The van der Waals surface area contributed by atoms with Crippen LogP contribution in [0.25, 0.3) is 0 Å². The lowest BCUT2D eigenvalue weighted by Crippen LogP contribution is -2.41. The number of nitrogens with zero attached hydrogens (tertiary/aromatic N) is 1. The molecule has 3 nitrogen and oxygen atoms in total. The van der Waals surface area contributed by atoms with E-state index in [9.17, 15) is 18.0 Å². The number of rotatable bonds is 5. The van der Waals surface area contributed by atoms with Gasteiger partial charge in [0, 0.05) is 34.4 Å². The number of piperidine rings is 1. The lowest BCUT2D eigenvalue weighted by molar-refractivity contribution is -0.173. The molecule has 1 aromatic carbocycles. The van der Waals surface area contributed by atoms with Gasteiger partial charge in [-0.05, 0) is 55.2 Å². The molecule has 1 saturated heterocycles. The molecular weight excluding hydrogens is 381 g/mol. The van der Waals surface area contributed by atoms with Gasteiger partial charge in [0.05, 0.1) is 0 Å². The Hall–Kier alpha value is -0.570. The fourth-order valence-electron chi connectivity index (χ4n) is 2.40. The second kappa shape index (κ2) is 8.69. The zero-order chi connectivity index (χ0) is 17.7. The third-order valence-corrected chi connectivity index (χ3v) is 6.05. The summed E-state index contributed by atoms with van der Waals surface area (Å²) in [6.07, 6.45) is -1.30. The van der Waals surface area contributed by atoms with E-state index < -0.39 is 12.1 Å². The third kappa shape index (κ3) is 5.75. The van der Waals surface area contributed by atoms with E-state index >= 15 is 0 Å². The lowest BCUT2D eigenvalue weighted by atomic mass is 9.98. The molecule has 1 heterocycles. The summed E-state index contributed by atoms with van der Waals surface area (Å²) in [4.78, 5) is 13.1. The number of hydrogen-bond donors (Lipinski definition) is 1. The second-order valence-electron chi connectivity index (χ2n) is 5.47. The standard InChI is InChI=1S/C15H18ClF3N2OS2/c1-23-13-8-11(16)2-3-12(13)24-21-6-4-10(5-7-21)9-20-14(22)15(17,18)19/h2-3,8,10H,4-7,9H2,1H3,(H,20,22). The van der Waals surface area contributed by atoms with Crippen molar-refractivity contribution in [2.45, 2.75) is 28.8 Å². The number of alkyl halides is 3. The summed E-state index contributed by atoms with van der Waals surface area (Å²) in [6.45, 7) is 1.62. The molecule has 1 fully saturated rings. The molecule has 1 aromatic rings. The maximum Gasteiger partial charge on any atom is 0.471 e. The third-order valence-electron chi connectivity index (χ3n) is 3.74. The maximum absolute atomic E-state index is 12.2. The van der Waals surface area contributed by atoms with Gasteiger partial charge in [0.25, 0.3) is 0 Å². The Labute approximate surface area is 152 Å². The summed E-state index contributed by atoms with van der Waals surface area (Å²) in [5.41, 5.74) is 0. The van der Waals surface area contributed by atoms with E-state index in [0.717, 1.165) is 35.7 Å². The number of thioether (sulfide) groups is 1. The van der Waals surface area contributed by atoms with Crippen LogP contribution in [-0.4, -0.2) is 42.3 Å². The second-order valence-corrected chi connectivity index (χ2v) is 7.89. The number of benzene rings is 1. The highest BCUT2D eigenvalue weighted by molar-refractivity contribution is 8.01. The topological polar surface area (TPSA) is 32.3 Å². The van der Waals surface area contributed by atoms with Gasteiger partial charge in [-0.1, -0.05) is 11.6 Å². The van der Waals surface area contributed by atoms with Crippen LogP contribution in [-0.2, 0) is 4.79 Å². The van der Waals surface area contributed by atoms with Gasteiger partial charge in [0.15, 0.2) is 0 Å². The van der Waals surface area contributed by atoms with E-state index in [1.807, 2.05) is 29.8 Å². The molecule has 134 valence electrons. The van der Waals surface area contributed by atoms with Gasteiger partial charge >= 0.3 is 12.1 Å². The van der Waals surface area contributed by atoms with Crippen molar-refractivity contribution in [3.05, 3.63) is 23.2 Å². The molecule has 0 unspecified atom stereocenters. The number of carbonyl (C=O) groups excluding carboxylic acids is 1. The molecule has 0 atom stereocenters. The zero-order valence-corrected chi connectivity index (χ0v) is 15.4. The highest BCUT2D eigenvalue weighted by Gasteiger charge is 2.38. The first-order valence-electron chi connectivity index (χ1n) is 7.41. The van der Waals surface area contributed by atoms with Crippen LogP contribution in [0.1, 0.15) is 12.8 Å². The van der Waals surface area contributed by atoms with Crippen LogP contribution >= 0.6 is 35.3 Å². The first kappa shape index (κ1) is 19.8. The van der Waals surface area contributed by atoms with Gasteiger partial charge in [-0.15, -0.1) is 11.8 Å². The van der Waals surface area contributed by atoms with Gasteiger partial charge in [0.2, 0.25) is 0 Å². The van der Waals surface area contributed by atoms with Gasteiger partial charge in [-0.2, -0.15) is 13.2 Å². The van der Waals surface area contributed by atoms with E-state index in [1.165, 1.54) is 0 Å². The van der Waals surface area contributed by atoms with Crippen LogP contribution in [0.5, 0.6) is 0 Å². The summed E-state index contributed by atoms with van der Waals surface area (Å²) < 4.78 is 38.7. The average Bonchev–Trinajstić information content (AvgIpc) is 2.54. The Bertz CT molecular complexity index is 578. The predicted octanol–water partition coefficient (Wildman–Crippen LogP) is 4.46. The normalized spacial score (nSPS) is 17.0. The monoisotopic (exact) mass is 398 g/mol. The van der Waals surface area contributed by atoms with E-state index in [-0.39, 0.29) is 12.5 Å². The van der Waals surface area contributed by atoms with Gasteiger partial charge < -0.3 is 5.32 Å². The molecule has 9 heteroatoms. The predicted molar refractivity (Wildman–Crippen MR) is 92.5 cm³/mol. The summed E-state index contributed by atoms with van der Waals surface area (Å²) in [5.74, 6) is -1.77. The van der Waals surface area contributed by atoms with Crippen molar-refractivity contribution in [2.24, 2.45) is 5.92 Å². The molecule has 1 aliphatic heterocycles. The summed E-state index contributed by atoms with van der Waals surface area (Å²) in [5, 5.41) is 2.67. The molecule has 0 aliphatic carbocycles. The van der Waals surface area contributed by atoms with Crippen LogP contribution < -0.4 is 5.32 Å². The molecule has 0 bridgehead atoms. The van der Waals surface area contributed by atoms with Crippen molar-refractivity contribution in [2.75, 3.05) is 25.9 Å². The fourth-order valence-corrected chi connectivity index (χ4v) is 4.46. The number of amides is 1. The van der Waals surface area contributed by atoms with Crippen LogP contribution in [0, 0.1) is 5.92 Å². The smallest absolute Gasteiger partial charge is 0.348 e. The molecular formula is C15H18ClF3N2OS2. The molecule has 0 spiro atoms. The number of hydrogen-bond acceptors (Lipinski definition) is 4. The van der Waals surface area contributed by atoms with E-state index in [2.05, 4.69) is 4.31 Å². The van der Waals surface area contributed by atoms with Crippen LogP contribution in [0.4, 0.5) is 13.2 Å². The SMILES string of the molecule is CSc1cc(Cl)ccc1SN1CCC(CNC(=O)C(F)(F)F)CC1. The van der Waals surface area contributed by atoms with E-state index in [1.54, 1.807) is 23.7 Å². The van der Waals surface area contributed by atoms with Crippen molar-refractivity contribution < 1.29 is 18.0 Å². The minimum atomic E-state index is -4.81. The Kier molecular flexibility index (Phi) is 7.15. The summed E-state index contributed by atoms with van der Waals surface area (Å²) in [7, 11) is 0. The summed E-state index contributed by atoms with van der Waals surface area (Å²) in [6, 6.07) is 5.76. The molecule has 1 aliphatic rings. The number of halogens is 4. The molecule has 0 radical (unpaired) electrons. The summed E-state index contributed by atoms with van der Waals surface area (Å²) >= 11 is 9.27. The van der Waals surface area contributed by atoms with Gasteiger partial charge in [0.1, 0.15) is 0 Å². The minimum absolute atomic E-state index is 0.0772. The first-order chi connectivity index (χ1) is 11.3.